The quantitative estimate of drug-likeness (QED) is 0.578. The maximum absolute atomic E-state index is 13.9. The Balaban J connectivity index is 1.52. The van der Waals surface area contributed by atoms with Crippen LogP contribution < -0.4 is 19.7 Å². The number of nitrogens with one attached hydrogen (secondary N) is 2. The van der Waals surface area contributed by atoms with Gasteiger partial charge in [0.25, 0.3) is 0 Å². The molecule has 0 atom stereocenters. The van der Waals surface area contributed by atoms with E-state index in [0.717, 1.165) is 24.8 Å². The van der Waals surface area contributed by atoms with Crippen LogP contribution in [0.5, 0.6) is 5.75 Å². The van der Waals surface area contributed by atoms with Gasteiger partial charge in [-0.2, -0.15) is 5.10 Å². The summed E-state index contributed by atoms with van der Waals surface area (Å²) in [5, 5.41) is 11.0. The molecular weight excluding hydrogens is 401 g/mol. The molecule has 1 aromatic carbocycles. The fourth-order valence-corrected chi connectivity index (χ4v) is 3.86. The van der Waals surface area contributed by atoms with Crippen molar-refractivity contribution in [3.63, 3.8) is 0 Å². The van der Waals surface area contributed by atoms with Crippen LogP contribution in [-0.2, 0) is 14.8 Å². The van der Waals surface area contributed by atoms with E-state index in [1.807, 2.05) is 6.07 Å². The van der Waals surface area contributed by atoms with E-state index in [1.54, 1.807) is 13.1 Å². The van der Waals surface area contributed by atoms with E-state index in [1.165, 1.54) is 12.1 Å². The molecule has 0 saturated carbocycles. The smallest absolute Gasteiger partial charge is 0.240 e. The molecule has 0 bridgehead atoms. The van der Waals surface area contributed by atoms with Crippen LogP contribution in [0, 0.1) is 5.82 Å². The summed E-state index contributed by atoms with van der Waals surface area (Å²) in [5.41, 5.74) is 0.927. The molecule has 0 aliphatic carbocycles. The molecule has 158 valence electrons. The lowest BCUT2D eigenvalue weighted by Gasteiger charge is -2.28. The molecule has 29 heavy (non-hydrogen) atoms. The Morgan fingerprint density at radius 3 is 2.76 bits per heavy atom. The molecule has 1 saturated heterocycles. The van der Waals surface area contributed by atoms with Crippen LogP contribution in [0.25, 0.3) is 0 Å². The Hall–Kier alpha value is -2.50. The first kappa shape index (κ1) is 21.2. The molecule has 9 nitrogen and oxygen atoms in total. The number of hydrogen-bond donors (Lipinski definition) is 2. The van der Waals surface area contributed by atoms with Gasteiger partial charge in [-0.1, -0.05) is 0 Å². The third-order valence-corrected chi connectivity index (χ3v) is 5.71. The monoisotopic (exact) mass is 425 g/mol. The number of aromatic nitrogens is 2. The van der Waals surface area contributed by atoms with E-state index in [-0.39, 0.29) is 17.2 Å². The molecule has 2 heterocycles. The maximum atomic E-state index is 13.9. The molecule has 11 heteroatoms. The zero-order valence-electron chi connectivity index (χ0n) is 16.1. The number of benzene rings is 1. The van der Waals surface area contributed by atoms with E-state index in [9.17, 15) is 12.8 Å². The first-order valence-electron chi connectivity index (χ1n) is 9.31. The molecule has 0 unspecified atom stereocenters. The number of anilines is 2. The van der Waals surface area contributed by atoms with E-state index < -0.39 is 15.8 Å². The topological polar surface area (TPSA) is 106 Å². The van der Waals surface area contributed by atoms with Crippen molar-refractivity contribution < 1.29 is 22.3 Å². The Morgan fingerprint density at radius 2 is 2.03 bits per heavy atom. The van der Waals surface area contributed by atoms with E-state index in [0.29, 0.717) is 32.2 Å². The number of halogens is 1. The molecule has 0 spiro atoms. The molecule has 3 rings (SSSR count). The van der Waals surface area contributed by atoms with Crippen LogP contribution >= 0.6 is 0 Å². The number of nitrogens with zero attached hydrogens (tertiary/aromatic N) is 3. The van der Waals surface area contributed by atoms with Crippen molar-refractivity contribution in [2.45, 2.75) is 11.8 Å². The van der Waals surface area contributed by atoms with E-state index >= 15 is 0 Å². The predicted molar refractivity (Wildman–Crippen MR) is 106 cm³/mol. The number of rotatable bonds is 9. The minimum absolute atomic E-state index is 0.0202. The first-order valence-corrected chi connectivity index (χ1v) is 10.8. The second-order valence-electron chi connectivity index (χ2n) is 6.25. The van der Waals surface area contributed by atoms with Gasteiger partial charge < -0.3 is 19.7 Å². The third kappa shape index (κ3) is 5.75. The molecule has 2 N–H and O–H groups in total. The van der Waals surface area contributed by atoms with E-state index in [4.69, 9.17) is 9.47 Å². The highest BCUT2D eigenvalue weighted by Gasteiger charge is 2.16. The summed E-state index contributed by atoms with van der Waals surface area (Å²) < 4.78 is 51.4. The van der Waals surface area contributed by atoms with Gasteiger partial charge in [-0.05, 0) is 25.1 Å². The van der Waals surface area contributed by atoms with Crippen LogP contribution in [0.4, 0.5) is 15.9 Å². The number of morpholine rings is 1. The SMILES string of the molecule is CCOc1ccc(S(=O)(=O)NCCNc2cc(N3CCOCC3)cnn2)cc1F. The van der Waals surface area contributed by atoms with E-state index in [2.05, 4.69) is 25.1 Å². The Morgan fingerprint density at radius 1 is 1.24 bits per heavy atom. The van der Waals surface area contributed by atoms with Crippen molar-refractivity contribution in [3.05, 3.63) is 36.3 Å². The van der Waals surface area contributed by atoms with Crippen LogP contribution in [0.2, 0.25) is 0 Å². The van der Waals surface area contributed by atoms with Crippen molar-refractivity contribution >= 4 is 21.5 Å². The Kier molecular flexibility index (Phi) is 7.18. The summed E-state index contributed by atoms with van der Waals surface area (Å²) in [6, 6.07) is 5.41. The molecule has 0 radical (unpaired) electrons. The molecule has 0 amide bonds. The van der Waals surface area contributed by atoms with Gasteiger partial charge in [-0.3, -0.25) is 0 Å². The molecular formula is C18H24FN5O4S. The maximum Gasteiger partial charge on any atom is 0.240 e. The molecule has 1 aromatic heterocycles. The van der Waals surface area contributed by atoms with Crippen molar-refractivity contribution in [1.29, 1.82) is 0 Å². The van der Waals surface area contributed by atoms with Crippen LogP contribution in [-0.4, -0.2) is 64.6 Å². The Bertz CT molecular complexity index is 922. The molecule has 1 fully saturated rings. The molecule has 2 aromatic rings. The number of hydrogen-bond acceptors (Lipinski definition) is 8. The van der Waals surface area contributed by atoms with Crippen LogP contribution in [0.1, 0.15) is 6.92 Å². The van der Waals surface area contributed by atoms with Gasteiger partial charge in [0.05, 0.1) is 36.6 Å². The van der Waals surface area contributed by atoms with Gasteiger partial charge >= 0.3 is 0 Å². The van der Waals surface area contributed by atoms with Crippen molar-refractivity contribution in [2.24, 2.45) is 0 Å². The second-order valence-corrected chi connectivity index (χ2v) is 8.02. The second kappa shape index (κ2) is 9.81. The van der Waals surface area contributed by atoms with Gasteiger partial charge in [-0.25, -0.2) is 17.5 Å². The van der Waals surface area contributed by atoms with Gasteiger partial charge in [0, 0.05) is 32.2 Å². The highest BCUT2D eigenvalue weighted by atomic mass is 32.2. The number of ether oxygens (including phenoxy) is 2. The minimum Gasteiger partial charge on any atom is -0.491 e. The number of sulfonamides is 1. The summed E-state index contributed by atoms with van der Waals surface area (Å²) >= 11 is 0. The lowest BCUT2D eigenvalue weighted by molar-refractivity contribution is 0.122. The molecule has 1 aliphatic rings. The third-order valence-electron chi connectivity index (χ3n) is 4.25. The van der Waals surface area contributed by atoms with Gasteiger partial charge in [0.1, 0.15) is 0 Å². The van der Waals surface area contributed by atoms with Gasteiger partial charge in [0.2, 0.25) is 10.0 Å². The summed E-state index contributed by atoms with van der Waals surface area (Å²) in [6.07, 6.45) is 1.68. The van der Waals surface area contributed by atoms with Crippen LogP contribution in [0.3, 0.4) is 0 Å². The largest absolute Gasteiger partial charge is 0.491 e. The Labute approximate surface area is 169 Å². The van der Waals surface area contributed by atoms with Gasteiger partial charge in [0.15, 0.2) is 17.4 Å². The van der Waals surface area contributed by atoms with Crippen molar-refractivity contribution in [1.82, 2.24) is 14.9 Å². The lowest BCUT2D eigenvalue weighted by atomic mass is 10.3. The van der Waals surface area contributed by atoms with Crippen molar-refractivity contribution in [3.8, 4) is 5.75 Å². The first-order chi connectivity index (χ1) is 14.0. The fourth-order valence-electron chi connectivity index (χ4n) is 2.82. The van der Waals surface area contributed by atoms with Crippen molar-refractivity contribution in [2.75, 3.05) is 56.2 Å². The lowest BCUT2D eigenvalue weighted by Crippen LogP contribution is -2.36. The summed E-state index contributed by atoms with van der Waals surface area (Å²) in [4.78, 5) is 1.99. The average molecular weight is 425 g/mol. The highest BCUT2D eigenvalue weighted by Crippen LogP contribution is 2.21. The van der Waals surface area contributed by atoms with Crippen LogP contribution in [0.15, 0.2) is 35.4 Å². The fraction of sp³-hybridized carbons (Fsp3) is 0.444. The molecule has 1 aliphatic heterocycles. The predicted octanol–water partition coefficient (Wildman–Crippen LogP) is 1.24. The normalized spacial score (nSPS) is 14.6. The highest BCUT2D eigenvalue weighted by molar-refractivity contribution is 7.89. The zero-order chi connectivity index (χ0) is 20.7. The summed E-state index contributed by atoms with van der Waals surface area (Å²) in [5.74, 6) is -0.157. The zero-order valence-corrected chi connectivity index (χ0v) is 16.9. The van der Waals surface area contributed by atoms with Gasteiger partial charge in [-0.15, -0.1) is 5.10 Å². The summed E-state index contributed by atoms with van der Waals surface area (Å²) in [6.45, 7) is 5.30. The standard InChI is InChI=1S/C18H24FN5O4S/c1-2-28-17-4-3-15(12-16(17)19)29(25,26)22-6-5-20-18-11-14(13-21-23-18)24-7-9-27-10-8-24/h3-4,11-13,22H,2,5-10H2,1H3,(H,20,23). The average Bonchev–Trinajstić information content (AvgIpc) is 2.74. The minimum atomic E-state index is -3.84. The summed E-state index contributed by atoms with van der Waals surface area (Å²) in [7, 11) is -3.84.